The molecule has 0 bridgehead atoms. The first-order valence-electron chi connectivity index (χ1n) is 6.72. The monoisotopic (exact) mass is 282 g/mol. The third-order valence-electron chi connectivity index (χ3n) is 3.40. The Labute approximate surface area is 122 Å². The van der Waals surface area contributed by atoms with E-state index >= 15 is 0 Å². The van der Waals surface area contributed by atoms with Crippen LogP contribution in [0.25, 0.3) is 10.9 Å². The largest absolute Gasteiger partial charge is 0.488 e. The van der Waals surface area contributed by atoms with Gasteiger partial charge in [-0.05, 0) is 24.3 Å². The van der Waals surface area contributed by atoms with Crippen molar-refractivity contribution in [2.24, 2.45) is 5.73 Å². The number of halogens is 1. The van der Waals surface area contributed by atoms with E-state index in [0.717, 1.165) is 16.5 Å². The number of nitrogens with zero attached hydrogens (tertiary/aromatic N) is 1. The Bertz CT molecular complexity index is 768. The van der Waals surface area contributed by atoms with Crippen molar-refractivity contribution in [3.63, 3.8) is 0 Å². The van der Waals surface area contributed by atoms with Gasteiger partial charge in [0.15, 0.2) is 0 Å². The molecule has 0 aliphatic rings. The fourth-order valence-electron chi connectivity index (χ4n) is 2.31. The Morgan fingerprint density at radius 1 is 1.05 bits per heavy atom. The van der Waals surface area contributed by atoms with E-state index in [1.807, 2.05) is 30.3 Å². The van der Waals surface area contributed by atoms with Crippen LogP contribution in [0, 0.1) is 5.82 Å². The molecule has 3 nitrogen and oxygen atoms in total. The SMILES string of the molecule is NCc1c(F)cccc1OCc1ccnc2ccccc12. The van der Waals surface area contributed by atoms with Crippen molar-refractivity contribution in [2.75, 3.05) is 0 Å². The van der Waals surface area contributed by atoms with Gasteiger partial charge in [0, 0.05) is 29.3 Å². The van der Waals surface area contributed by atoms with Crippen LogP contribution < -0.4 is 10.5 Å². The molecule has 0 saturated heterocycles. The summed E-state index contributed by atoms with van der Waals surface area (Å²) in [7, 11) is 0. The minimum Gasteiger partial charge on any atom is -0.488 e. The molecule has 1 aromatic heterocycles. The first-order chi connectivity index (χ1) is 10.3. The van der Waals surface area contributed by atoms with Crippen LogP contribution in [0.5, 0.6) is 5.75 Å². The highest BCUT2D eigenvalue weighted by Gasteiger charge is 2.09. The summed E-state index contributed by atoms with van der Waals surface area (Å²) in [5, 5.41) is 1.03. The van der Waals surface area contributed by atoms with Crippen molar-refractivity contribution in [3.8, 4) is 5.75 Å². The van der Waals surface area contributed by atoms with Crippen LogP contribution in [0.4, 0.5) is 4.39 Å². The molecule has 0 aliphatic heterocycles. The number of pyridine rings is 1. The summed E-state index contributed by atoms with van der Waals surface area (Å²) in [4.78, 5) is 4.31. The molecular weight excluding hydrogens is 267 g/mol. The number of fused-ring (bicyclic) bond motifs is 1. The van der Waals surface area contributed by atoms with E-state index in [-0.39, 0.29) is 12.4 Å². The topological polar surface area (TPSA) is 48.1 Å². The maximum absolute atomic E-state index is 13.7. The van der Waals surface area contributed by atoms with Crippen molar-refractivity contribution in [2.45, 2.75) is 13.2 Å². The molecule has 3 rings (SSSR count). The van der Waals surface area contributed by atoms with Gasteiger partial charge < -0.3 is 10.5 Å². The molecule has 3 aromatic rings. The standard InChI is InChI=1S/C17H15FN2O/c18-15-5-3-7-17(14(15)10-19)21-11-12-8-9-20-16-6-2-1-4-13(12)16/h1-9H,10-11,19H2. The predicted octanol–water partition coefficient (Wildman–Crippen LogP) is 3.41. The molecule has 2 N–H and O–H groups in total. The molecule has 0 aliphatic carbocycles. The lowest BCUT2D eigenvalue weighted by atomic mass is 10.1. The Balaban J connectivity index is 1.89. The van der Waals surface area contributed by atoms with Crippen molar-refractivity contribution < 1.29 is 9.13 Å². The number of ether oxygens (including phenoxy) is 1. The van der Waals surface area contributed by atoms with Crippen LogP contribution in [0.2, 0.25) is 0 Å². The van der Waals surface area contributed by atoms with E-state index < -0.39 is 0 Å². The Kier molecular flexibility index (Phi) is 3.79. The first-order valence-corrected chi connectivity index (χ1v) is 6.72. The van der Waals surface area contributed by atoms with E-state index in [9.17, 15) is 4.39 Å². The van der Waals surface area contributed by atoms with Gasteiger partial charge in [-0.2, -0.15) is 0 Å². The summed E-state index contributed by atoms with van der Waals surface area (Å²) in [5.41, 5.74) is 7.90. The highest BCUT2D eigenvalue weighted by molar-refractivity contribution is 5.81. The van der Waals surface area contributed by atoms with Crippen LogP contribution in [-0.2, 0) is 13.2 Å². The van der Waals surface area contributed by atoms with E-state index in [1.54, 1.807) is 18.3 Å². The van der Waals surface area contributed by atoms with Crippen LogP contribution in [-0.4, -0.2) is 4.98 Å². The number of nitrogens with two attached hydrogens (primary N) is 1. The molecule has 0 spiro atoms. The number of hydrogen-bond donors (Lipinski definition) is 1. The zero-order chi connectivity index (χ0) is 14.7. The molecule has 0 saturated carbocycles. The zero-order valence-corrected chi connectivity index (χ0v) is 11.4. The zero-order valence-electron chi connectivity index (χ0n) is 11.4. The van der Waals surface area contributed by atoms with Gasteiger partial charge >= 0.3 is 0 Å². The lowest BCUT2D eigenvalue weighted by Crippen LogP contribution is -2.05. The molecule has 2 aromatic carbocycles. The molecule has 0 amide bonds. The number of benzene rings is 2. The Morgan fingerprint density at radius 2 is 1.90 bits per heavy atom. The van der Waals surface area contributed by atoms with Crippen LogP contribution in [0.15, 0.2) is 54.7 Å². The van der Waals surface area contributed by atoms with Gasteiger partial charge in [-0.1, -0.05) is 24.3 Å². The third kappa shape index (κ3) is 2.71. The summed E-state index contributed by atoms with van der Waals surface area (Å²) in [6.45, 7) is 0.457. The molecule has 4 heteroatoms. The third-order valence-corrected chi connectivity index (χ3v) is 3.40. The fraction of sp³-hybridized carbons (Fsp3) is 0.118. The van der Waals surface area contributed by atoms with Gasteiger partial charge in [0.05, 0.1) is 5.52 Å². The summed E-state index contributed by atoms with van der Waals surface area (Å²) in [6, 6.07) is 14.5. The second-order valence-corrected chi connectivity index (χ2v) is 4.70. The Morgan fingerprint density at radius 3 is 2.76 bits per heavy atom. The van der Waals surface area contributed by atoms with Crippen molar-refractivity contribution in [1.29, 1.82) is 0 Å². The lowest BCUT2D eigenvalue weighted by Gasteiger charge is -2.12. The van der Waals surface area contributed by atoms with Gasteiger partial charge in [0.2, 0.25) is 0 Å². The quantitative estimate of drug-likeness (QED) is 0.797. The van der Waals surface area contributed by atoms with Gasteiger partial charge in [0.25, 0.3) is 0 Å². The highest BCUT2D eigenvalue weighted by Crippen LogP contribution is 2.23. The van der Waals surface area contributed by atoms with Gasteiger partial charge in [-0.15, -0.1) is 0 Å². The van der Waals surface area contributed by atoms with Gasteiger partial charge in [0.1, 0.15) is 18.2 Å². The average molecular weight is 282 g/mol. The minimum atomic E-state index is -0.338. The minimum absolute atomic E-state index is 0.110. The second kappa shape index (κ2) is 5.89. The number of para-hydroxylation sites is 1. The summed E-state index contributed by atoms with van der Waals surface area (Å²) in [6.07, 6.45) is 1.75. The summed E-state index contributed by atoms with van der Waals surface area (Å²) >= 11 is 0. The highest BCUT2D eigenvalue weighted by atomic mass is 19.1. The number of rotatable bonds is 4. The lowest BCUT2D eigenvalue weighted by molar-refractivity contribution is 0.302. The Hall–Kier alpha value is -2.46. The van der Waals surface area contributed by atoms with Crippen molar-refractivity contribution >= 4 is 10.9 Å². The number of aromatic nitrogens is 1. The van der Waals surface area contributed by atoms with Gasteiger partial charge in [-0.25, -0.2) is 4.39 Å². The number of hydrogen-bond acceptors (Lipinski definition) is 3. The van der Waals surface area contributed by atoms with Crippen molar-refractivity contribution in [3.05, 3.63) is 71.7 Å². The second-order valence-electron chi connectivity index (χ2n) is 4.70. The van der Waals surface area contributed by atoms with Crippen LogP contribution in [0.3, 0.4) is 0 Å². The van der Waals surface area contributed by atoms with Crippen LogP contribution >= 0.6 is 0 Å². The molecule has 21 heavy (non-hydrogen) atoms. The van der Waals surface area contributed by atoms with E-state index in [0.29, 0.717) is 17.9 Å². The predicted molar refractivity (Wildman–Crippen MR) is 80.4 cm³/mol. The van der Waals surface area contributed by atoms with Gasteiger partial charge in [-0.3, -0.25) is 4.98 Å². The van der Waals surface area contributed by atoms with Crippen LogP contribution in [0.1, 0.15) is 11.1 Å². The molecule has 106 valence electrons. The van der Waals surface area contributed by atoms with Crippen molar-refractivity contribution in [1.82, 2.24) is 4.98 Å². The maximum atomic E-state index is 13.7. The molecule has 0 fully saturated rings. The molecule has 1 heterocycles. The molecular formula is C17H15FN2O. The molecule has 0 unspecified atom stereocenters. The van der Waals surface area contributed by atoms with E-state index in [2.05, 4.69) is 4.98 Å². The normalized spacial score (nSPS) is 10.8. The van der Waals surface area contributed by atoms with E-state index in [4.69, 9.17) is 10.5 Å². The average Bonchev–Trinajstić information content (AvgIpc) is 2.53. The maximum Gasteiger partial charge on any atom is 0.131 e. The molecule has 0 radical (unpaired) electrons. The molecule has 0 atom stereocenters. The summed E-state index contributed by atoms with van der Waals surface area (Å²) in [5.74, 6) is 0.146. The fourth-order valence-corrected chi connectivity index (χ4v) is 2.31. The summed E-state index contributed by atoms with van der Waals surface area (Å²) < 4.78 is 19.4. The van der Waals surface area contributed by atoms with E-state index in [1.165, 1.54) is 6.07 Å². The smallest absolute Gasteiger partial charge is 0.131 e. The first kappa shape index (κ1) is 13.5.